The summed E-state index contributed by atoms with van der Waals surface area (Å²) < 4.78 is 28.0. The van der Waals surface area contributed by atoms with Gasteiger partial charge in [0.05, 0.1) is 16.9 Å². The number of primary sulfonamides is 1. The summed E-state index contributed by atoms with van der Waals surface area (Å²) in [6, 6.07) is 0. The zero-order valence-electron chi connectivity index (χ0n) is 13.0. The Hall–Kier alpha value is -1.67. The van der Waals surface area contributed by atoms with E-state index in [9.17, 15) is 18.0 Å². The quantitative estimate of drug-likeness (QED) is 0.877. The van der Waals surface area contributed by atoms with Crippen LogP contribution in [-0.4, -0.2) is 43.9 Å². The third-order valence-corrected chi connectivity index (χ3v) is 5.43. The second kappa shape index (κ2) is 5.76. The molecule has 0 spiro atoms. The SMILES string of the molecule is Cc1oc2c(c1C(=O)N1CC[C@@H](CS(N)(=O)=O)C1)C(=O)CCC2. The first kappa shape index (κ1) is 16.2. The first-order valence-corrected chi connectivity index (χ1v) is 9.43. The highest BCUT2D eigenvalue weighted by atomic mass is 32.2. The van der Waals surface area contributed by atoms with E-state index in [1.807, 2.05) is 0 Å². The number of nitrogens with zero attached hydrogens (tertiary/aromatic N) is 1. The molecule has 1 saturated heterocycles. The smallest absolute Gasteiger partial charge is 0.258 e. The molecule has 0 unspecified atom stereocenters. The van der Waals surface area contributed by atoms with Crippen molar-refractivity contribution < 1.29 is 22.4 Å². The molecule has 0 saturated carbocycles. The number of sulfonamides is 1. The Bertz CT molecular complexity index is 765. The highest BCUT2D eigenvalue weighted by Gasteiger charge is 2.35. The molecule has 1 aliphatic carbocycles. The van der Waals surface area contributed by atoms with Gasteiger partial charge in [-0.25, -0.2) is 13.6 Å². The molecular weight excluding hydrogens is 320 g/mol. The number of carbonyl (C=O) groups excluding carboxylic acids is 2. The molecule has 1 aromatic rings. The van der Waals surface area contributed by atoms with Gasteiger partial charge >= 0.3 is 0 Å². The Morgan fingerprint density at radius 3 is 2.83 bits per heavy atom. The molecule has 1 aromatic heterocycles. The molecule has 23 heavy (non-hydrogen) atoms. The predicted octanol–water partition coefficient (Wildman–Crippen LogP) is 0.858. The second-order valence-electron chi connectivity index (χ2n) is 6.34. The van der Waals surface area contributed by atoms with Crippen molar-refractivity contribution in [3.05, 3.63) is 22.6 Å². The third kappa shape index (κ3) is 3.18. The summed E-state index contributed by atoms with van der Waals surface area (Å²) in [5.41, 5.74) is 0.773. The van der Waals surface area contributed by atoms with Crippen molar-refractivity contribution in [3.63, 3.8) is 0 Å². The number of rotatable bonds is 3. The summed E-state index contributed by atoms with van der Waals surface area (Å²) in [6.45, 7) is 2.49. The van der Waals surface area contributed by atoms with Crippen molar-refractivity contribution in [1.82, 2.24) is 4.90 Å². The highest BCUT2D eigenvalue weighted by molar-refractivity contribution is 7.89. The fraction of sp³-hybridized carbons (Fsp3) is 0.600. The molecular formula is C15H20N2O5S. The van der Waals surface area contributed by atoms with Gasteiger partial charge in [0.1, 0.15) is 11.5 Å². The molecule has 126 valence electrons. The fourth-order valence-electron chi connectivity index (χ4n) is 3.51. The van der Waals surface area contributed by atoms with E-state index in [0.717, 1.165) is 6.42 Å². The lowest BCUT2D eigenvalue weighted by molar-refractivity contribution is 0.0780. The maximum atomic E-state index is 12.8. The Labute approximate surface area is 134 Å². The maximum absolute atomic E-state index is 12.8. The zero-order valence-corrected chi connectivity index (χ0v) is 13.8. The van der Waals surface area contributed by atoms with Gasteiger partial charge in [-0.05, 0) is 25.7 Å². The van der Waals surface area contributed by atoms with Crippen molar-refractivity contribution in [2.75, 3.05) is 18.8 Å². The summed E-state index contributed by atoms with van der Waals surface area (Å²) >= 11 is 0. The second-order valence-corrected chi connectivity index (χ2v) is 8.00. The van der Waals surface area contributed by atoms with Gasteiger partial charge in [0.15, 0.2) is 5.78 Å². The van der Waals surface area contributed by atoms with E-state index in [4.69, 9.17) is 9.56 Å². The lowest BCUT2D eigenvalue weighted by Crippen LogP contribution is -2.32. The maximum Gasteiger partial charge on any atom is 0.258 e. The number of aryl methyl sites for hydroxylation is 2. The van der Waals surface area contributed by atoms with Crippen molar-refractivity contribution in [2.24, 2.45) is 11.1 Å². The van der Waals surface area contributed by atoms with Crippen LogP contribution in [0.5, 0.6) is 0 Å². The number of ketones is 1. The molecule has 2 N–H and O–H groups in total. The average molecular weight is 340 g/mol. The first-order valence-electron chi connectivity index (χ1n) is 7.71. The molecule has 0 aromatic carbocycles. The van der Waals surface area contributed by atoms with Crippen LogP contribution in [0.4, 0.5) is 0 Å². The normalized spacial score (nSPS) is 21.6. The number of carbonyl (C=O) groups is 2. The van der Waals surface area contributed by atoms with Gasteiger partial charge in [-0.2, -0.15) is 0 Å². The highest BCUT2D eigenvalue weighted by Crippen LogP contribution is 2.31. The molecule has 3 rings (SSSR count). The Morgan fingerprint density at radius 1 is 1.39 bits per heavy atom. The number of hydrogen-bond donors (Lipinski definition) is 1. The largest absolute Gasteiger partial charge is 0.465 e. The minimum atomic E-state index is -3.55. The topological polar surface area (TPSA) is 111 Å². The van der Waals surface area contributed by atoms with E-state index in [-0.39, 0.29) is 23.4 Å². The fourth-order valence-corrected chi connectivity index (χ4v) is 4.43. The summed E-state index contributed by atoms with van der Waals surface area (Å²) in [6.07, 6.45) is 2.44. The Morgan fingerprint density at radius 2 is 2.13 bits per heavy atom. The number of nitrogens with two attached hydrogens (primary N) is 1. The molecule has 1 atom stereocenters. The van der Waals surface area contributed by atoms with Gasteiger partial charge < -0.3 is 9.32 Å². The van der Waals surface area contributed by atoms with Crippen LogP contribution in [0.2, 0.25) is 0 Å². The van der Waals surface area contributed by atoms with Crippen LogP contribution in [-0.2, 0) is 16.4 Å². The number of fused-ring (bicyclic) bond motifs is 1. The van der Waals surface area contributed by atoms with Gasteiger partial charge in [0, 0.05) is 25.9 Å². The molecule has 1 fully saturated rings. The summed E-state index contributed by atoms with van der Waals surface area (Å²) in [5, 5.41) is 5.07. The van der Waals surface area contributed by atoms with Crippen LogP contribution in [0.25, 0.3) is 0 Å². The van der Waals surface area contributed by atoms with E-state index < -0.39 is 10.0 Å². The van der Waals surface area contributed by atoms with Crippen LogP contribution in [0, 0.1) is 12.8 Å². The van der Waals surface area contributed by atoms with Crippen molar-refractivity contribution in [3.8, 4) is 0 Å². The minimum Gasteiger partial charge on any atom is -0.465 e. The van der Waals surface area contributed by atoms with Crippen LogP contribution in [0.15, 0.2) is 4.42 Å². The van der Waals surface area contributed by atoms with Crippen molar-refractivity contribution in [2.45, 2.75) is 32.6 Å². The van der Waals surface area contributed by atoms with E-state index >= 15 is 0 Å². The van der Waals surface area contributed by atoms with E-state index in [1.165, 1.54) is 0 Å². The molecule has 1 aliphatic heterocycles. The van der Waals surface area contributed by atoms with Gasteiger partial charge in [-0.1, -0.05) is 0 Å². The number of furan rings is 1. The Balaban J connectivity index is 1.82. The van der Waals surface area contributed by atoms with Gasteiger partial charge in [-0.15, -0.1) is 0 Å². The van der Waals surface area contributed by atoms with Gasteiger partial charge in [0.25, 0.3) is 5.91 Å². The Kier molecular flexibility index (Phi) is 4.05. The summed E-state index contributed by atoms with van der Waals surface area (Å²) in [5.74, 6) is 0.477. The molecule has 8 heteroatoms. The molecule has 0 radical (unpaired) electrons. The van der Waals surface area contributed by atoms with Crippen LogP contribution in [0.1, 0.15) is 51.5 Å². The van der Waals surface area contributed by atoms with E-state index in [2.05, 4.69) is 0 Å². The minimum absolute atomic E-state index is 0.0493. The molecule has 7 nitrogen and oxygen atoms in total. The van der Waals surface area contributed by atoms with Crippen LogP contribution >= 0.6 is 0 Å². The average Bonchev–Trinajstić information content (AvgIpc) is 3.01. The number of hydrogen-bond acceptors (Lipinski definition) is 5. The molecule has 2 heterocycles. The molecule has 1 amide bonds. The summed E-state index contributed by atoms with van der Waals surface area (Å²) in [7, 11) is -3.55. The molecule has 0 bridgehead atoms. The number of amides is 1. The third-order valence-electron chi connectivity index (χ3n) is 4.50. The first-order chi connectivity index (χ1) is 10.8. The number of Topliss-reactive ketones (excluding diaryl/α,β-unsaturated/α-hetero) is 1. The molecule has 2 aliphatic rings. The van der Waals surface area contributed by atoms with Crippen LogP contribution in [0.3, 0.4) is 0 Å². The lowest BCUT2D eigenvalue weighted by Gasteiger charge is -2.17. The van der Waals surface area contributed by atoms with Gasteiger partial charge in [0.2, 0.25) is 10.0 Å². The van der Waals surface area contributed by atoms with E-state index in [1.54, 1.807) is 11.8 Å². The lowest BCUT2D eigenvalue weighted by atomic mass is 9.93. The van der Waals surface area contributed by atoms with Crippen molar-refractivity contribution in [1.29, 1.82) is 0 Å². The van der Waals surface area contributed by atoms with E-state index in [0.29, 0.717) is 55.0 Å². The standard InChI is InChI=1S/C15H20N2O5S/c1-9-13(14-11(18)3-2-4-12(14)22-9)15(19)17-6-5-10(7-17)8-23(16,20)21/h10H,2-8H2,1H3,(H2,16,20,21)/t10-/m1/s1. The monoisotopic (exact) mass is 340 g/mol. The summed E-state index contributed by atoms with van der Waals surface area (Å²) in [4.78, 5) is 26.5. The van der Waals surface area contributed by atoms with Crippen molar-refractivity contribution >= 4 is 21.7 Å². The predicted molar refractivity (Wildman–Crippen MR) is 82.7 cm³/mol. The zero-order chi connectivity index (χ0) is 16.8. The number of likely N-dealkylation sites (tertiary alicyclic amines) is 1. The van der Waals surface area contributed by atoms with Crippen LogP contribution < -0.4 is 5.14 Å². The van der Waals surface area contributed by atoms with Gasteiger partial charge in [-0.3, -0.25) is 9.59 Å².